The third-order valence-corrected chi connectivity index (χ3v) is 2.94. The minimum atomic E-state index is 0. The van der Waals surface area contributed by atoms with E-state index in [1.807, 2.05) is 24.3 Å². The van der Waals surface area contributed by atoms with Gasteiger partial charge < -0.3 is 11.2 Å². The Morgan fingerprint density at radius 1 is 0.778 bits per heavy atom. The molecule has 0 spiro atoms. The lowest BCUT2D eigenvalue weighted by Crippen LogP contribution is -1.83. The number of anilines is 1. The van der Waals surface area contributed by atoms with Gasteiger partial charge in [0.05, 0.1) is 0 Å². The fourth-order valence-electron chi connectivity index (χ4n) is 1.67. The molecule has 0 saturated carbocycles. The van der Waals surface area contributed by atoms with Crippen molar-refractivity contribution in [1.82, 2.24) is 0 Å². The van der Waals surface area contributed by atoms with E-state index < -0.39 is 0 Å². The van der Waals surface area contributed by atoms with Crippen molar-refractivity contribution in [3.05, 3.63) is 64.7 Å². The Hall–Kier alpha value is -2.06. The molecule has 0 aliphatic heterocycles. The number of benzene rings is 2. The Balaban J connectivity index is 0.00000162. The molecule has 0 amide bonds. The van der Waals surface area contributed by atoms with Crippen molar-refractivity contribution < 1.29 is 5.48 Å². The standard InChI is InChI=1S/C16H17N.H2O/c1-12-3-4-15(11-13(12)2)6-5-14-7-9-16(17)10-8-14;/h3-11H,17H2,1-2H3;1H2/b6-5+;. The molecule has 0 unspecified atom stereocenters. The number of nitrogens with two attached hydrogens (primary N) is 1. The maximum atomic E-state index is 5.65. The molecule has 4 N–H and O–H groups in total. The van der Waals surface area contributed by atoms with Crippen molar-refractivity contribution in [2.75, 3.05) is 5.73 Å². The van der Waals surface area contributed by atoms with Crippen molar-refractivity contribution in [3.8, 4) is 0 Å². The van der Waals surface area contributed by atoms with Gasteiger partial charge in [0.15, 0.2) is 0 Å². The molecule has 2 nitrogen and oxygen atoms in total. The molecule has 2 heteroatoms. The highest BCUT2D eigenvalue weighted by atomic mass is 16.0. The van der Waals surface area contributed by atoms with Gasteiger partial charge in [-0.15, -0.1) is 0 Å². The smallest absolute Gasteiger partial charge is 0.0314 e. The SMILES string of the molecule is Cc1ccc(/C=C/c2ccc(N)cc2)cc1C.O. The van der Waals surface area contributed by atoms with Gasteiger partial charge in [0.1, 0.15) is 0 Å². The molecule has 2 aromatic rings. The van der Waals surface area contributed by atoms with E-state index >= 15 is 0 Å². The van der Waals surface area contributed by atoms with Crippen LogP contribution in [0.4, 0.5) is 5.69 Å². The summed E-state index contributed by atoms with van der Waals surface area (Å²) in [5.74, 6) is 0. The highest BCUT2D eigenvalue weighted by Gasteiger charge is 1.93. The fraction of sp³-hybridized carbons (Fsp3) is 0.125. The average molecular weight is 241 g/mol. The Morgan fingerprint density at radius 3 is 1.94 bits per heavy atom. The van der Waals surface area contributed by atoms with Gasteiger partial charge in [-0.3, -0.25) is 0 Å². The first kappa shape index (κ1) is 14.0. The van der Waals surface area contributed by atoms with Crippen molar-refractivity contribution in [3.63, 3.8) is 0 Å². The zero-order valence-electron chi connectivity index (χ0n) is 10.8. The van der Waals surface area contributed by atoms with Gasteiger partial charge in [-0.05, 0) is 48.2 Å². The molecular formula is C16H19NO. The Morgan fingerprint density at radius 2 is 1.33 bits per heavy atom. The van der Waals surface area contributed by atoms with Gasteiger partial charge in [0.25, 0.3) is 0 Å². The molecule has 0 heterocycles. The maximum Gasteiger partial charge on any atom is 0.0314 e. The quantitative estimate of drug-likeness (QED) is 0.637. The molecule has 0 aliphatic carbocycles. The lowest BCUT2D eigenvalue weighted by Gasteiger charge is -2.01. The Labute approximate surface area is 108 Å². The van der Waals surface area contributed by atoms with Crippen LogP contribution in [-0.2, 0) is 0 Å². The number of nitrogen functional groups attached to an aromatic ring is 1. The van der Waals surface area contributed by atoms with E-state index in [9.17, 15) is 0 Å². The zero-order valence-corrected chi connectivity index (χ0v) is 10.8. The number of rotatable bonds is 2. The second kappa shape index (κ2) is 6.03. The van der Waals surface area contributed by atoms with Crippen LogP contribution in [0.3, 0.4) is 0 Å². The summed E-state index contributed by atoms with van der Waals surface area (Å²) in [6.45, 7) is 4.26. The first-order chi connectivity index (χ1) is 8.15. The summed E-state index contributed by atoms with van der Waals surface area (Å²) in [5, 5.41) is 0. The molecule has 18 heavy (non-hydrogen) atoms. The summed E-state index contributed by atoms with van der Waals surface area (Å²) in [5.41, 5.74) is 11.5. The summed E-state index contributed by atoms with van der Waals surface area (Å²) in [6.07, 6.45) is 4.22. The van der Waals surface area contributed by atoms with Crippen LogP contribution < -0.4 is 5.73 Å². The average Bonchev–Trinajstić information content (AvgIpc) is 2.33. The number of aryl methyl sites for hydroxylation is 2. The lowest BCUT2D eigenvalue weighted by molar-refractivity contribution is 0.824. The van der Waals surface area contributed by atoms with E-state index in [4.69, 9.17) is 5.73 Å². The van der Waals surface area contributed by atoms with Crippen molar-refractivity contribution in [2.24, 2.45) is 0 Å². The molecule has 0 fully saturated rings. The molecular weight excluding hydrogens is 222 g/mol. The van der Waals surface area contributed by atoms with E-state index in [-0.39, 0.29) is 5.48 Å². The van der Waals surface area contributed by atoms with Gasteiger partial charge >= 0.3 is 0 Å². The summed E-state index contributed by atoms with van der Waals surface area (Å²) < 4.78 is 0. The molecule has 94 valence electrons. The number of hydrogen-bond acceptors (Lipinski definition) is 1. The normalized spacial score (nSPS) is 10.3. The fourth-order valence-corrected chi connectivity index (χ4v) is 1.67. The van der Waals surface area contributed by atoms with Crippen LogP contribution in [-0.4, -0.2) is 5.48 Å². The molecule has 0 saturated heterocycles. The number of hydrogen-bond donors (Lipinski definition) is 1. The molecule has 0 atom stereocenters. The van der Waals surface area contributed by atoms with Crippen LogP contribution in [0.1, 0.15) is 22.3 Å². The van der Waals surface area contributed by atoms with Crippen LogP contribution in [0.25, 0.3) is 12.2 Å². The molecule has 0 radical (unpaired) electrons. The Bertz CT molecular complexity index is 542. The molecule has 0 bridgehead atoms. The summed E-state index contributed by atoms with van der Waals surface area (Å²) >= 11 is 0. The lowest BCUT2D eigenvalue weighted by atomic mass is 10.1. The van der Waals surface area contributed by atoms with Crippen LogP contribution in [0.15, 0.2) is 42.5 Å². The third kappa shape index (κ3) is 3.47. The van der Waals surface area contributed by atoms with Gasteiger partial charge in [-0.1, -0.05) is 42.5 Å². The monoisotopic (exact) mass is 241 g/mol. The topological polar surface area (TPSA) is 57.5 Å². The van der Waals surface area contributed by atoms with Crippen LogP contribution in [0.5, 0.6) is 0 Å². The maximum absolute atomic E-state index is 5.65. The molecule has 0 aliphatic rings. The Kier molecular flexibility index (Phi) is 4.69. The van der Waals surface area contributed by atoms with Gasteiger partial charge in [0, 0.05) is 5.69 Å². The van der Waals surface area contributed by atoms with Crippen molar-refractivity contribution in [2.45, 2.75) is 13.8 Å². The zero-order chi connectivity index (χ0) is 12.3. The van der Waals surface area contributed by atoms with E-state index in [0.29, 0.717) is 0 Å². The first-order valence-electron chi connectivity index (χ1n) is 5.76. The molecule has 0 aromatic heterocycles. The van der Waals surface area contributed by atoms with E-state index in [1.54, 1.807) is 0 Å². The second-order valence-corrected chi connectivity index (χ2v) is 4.34. The van der Waals surface area contributed by atoms with E-state index in [1.165, 1.54) is 16.7 Å². The van der Waals surface area contributed by atoms with Gasteiger partial charge in [-0.2, -0.15) is 0 Å². The highest BCUT2D eigenvalue weighted by molar-refractivity contribution is 5.70. The van der Waals surface area contributed by atoms with Crippen molar-refractivity contribution >= 4 is 17.8 Å². The van der Waals surface area contributed by atoms with Crippen LogP contribution in [0, 0.1) is 13.8 Å². The summed E-state index contributed by atoms with van der Waals surface area (Å²) in [7, 11) is 0. The third-order valence-electron chi connectivity index (χ3n) is 2.94. The molecule has 2 aromatic carbocycles. The summed E-state index contributed by atoms with van der Waals surface area (Å²) in [6, 6.07) is 14.4. The van der Waals surface area contributed by atoms with E-state index in [0.717, 1.165) is 11.3 Å². The predicted molar refractivity (Wildman–Crippen MR) is 79.3 cm³/mol. The summed E-state index contributed by atoms with van der Waals surface area (Å²) in [4.78, 5) is 0. The minimum absolute atomic E-state index is 0. The van der Waals surface area contributed by atoms with Crippen LogP contribution in [0.2, 0.25) is 0 Å². The second-order valence-electron chi connectivity index (χ2n) is 4.34. The van der Waals surface area contributed by atoms with Crippen LogP contribution >= 0.6 is 0 Å². The van der Waals surface area contributed by atoms with E-state index in [2.05, 4.69) is 44.2 Å². The predicted octanol–water partition coefficient (Wildman–Crippen LogP) is 3.23. The molecule has 2 rings (SSSR count). The first-order valence-corrected chi connectivity index (χ1v) is 5.76. The largest absolute Gasteiger partial charge is 0.412 e. The highest BCUT2D eigenvalue weighted by Crippen LogP contribution is 2.14. The van der Waals surface area contributed by atoms with Gasteiger partial charge in [-0.25, -0.2) is 0 Å². The van der Waals surface area contributed by atoms with Gasteiger partial charge in [0.2, 0.25) is 0 Å². The minimum Gasteiger partial charge on any atom is -0.412 e. The van der Waals surface area contributed by atoms with Crippen molar-refractivity contribution in [1.29, 1.82) is 0 Å².